The minimum atomic E-state index is -1.43. The van der Waals surface area contributed by atoms with Crippen molar-refractivity contribution < 1.29 is 13.9 Å². The van der Waals surface area contributed by atoms with Crippen LogP contribution in [0.25, 0.3) is 0 Å². The van der Waals surface area contributed by atoms with E-state index in [2.05, 4.69) is 10.1 Å². The summed E-state index contributed by atoms with van der Waals surface area (Å²) in [5, 5.41) is 3.11. The van der Waals surface area contributed by atoms with Crippen LogP contribution >= 0.6 is 0 Å². The number of methoxy groups -OCH3 is 1. The standard InChI is InChI=1S/C8H14FNO2/c1-12-8(11)7(9)6-2-4-10-5-3-6/h6-7,10H,2-5H2,1H3. The van der Waals surface area contributed by atoms with Crippen molar-refractivity contribution in [3.05, 3.63) is 0 Å². The van der Waals surface area contributed by atoms with E-state index in [-0.39, 0.29) is 5.92 Å². The maximum atomic E-state index is 13.2. The molecule has 1 saturated heterocycles. The molecule has 1 unspecified atom stereocenters. The highest BCUT2D eigenvalue weighted by atomic mass is 19.1. The molecule has 1 rings (SSSR count). The van der Waals surface area contributed by atoms with Crippen LogP contribution in [-0.2, 0) is 9.53 Å². The van der Waals surface area contributed by atoms with E-state index >= 15 is 0 Å². The van der Waals surface area contributed by atoms with Gasteiger partial charge in [0.05, 0.1) is 7.11 Å². The van der Waals surface area contributed by atoms with Crippen molar-refractivity contribution in [3.8, 4) is 0 Å². The molecular formula is C8H14FNO2. The molecule has 1 aliphatic rings. The number of hydrogen-bond donors (Lipinski definition) is 1. The van der Waals surface area contributed by atoms with Crippen molar-refractivity contribution in [1.29, 1.82) is 0 Å². The van der Waals surface area contributed by atoms with Gasteiger partial charge in [0.2, 0.25) is 0 Å². The molecule has 4 heteroatoms. The van der Waals surface area contributed by atoms with Gasteiger partial charge in [-0.2, -0.15) is 0 Å². The molecule has 1 atom stereocenters. The molecule has 1 heterocycles. The van der Waals surface area contributed by atoms with Crippen molar-refractivity contribution in [2.75, 3.05) is 20.2 Å². The normalized spacial score (nSPS) is 21.8. The molecule has 1 fully saturated rings. The number of alkyl halides is 1. The van der Waals surface area contributed by atoms with Crippen LogP contribution in [0.1, 0.15) is 12.8 Å². The summed E-state index contributed by atoms with van der Waals surface area (Å²) in [6.07, 6.45) is 0.00380. The number of halogens is 1. The Kier molecular flexibility index (Phi) is 3.47. The molecule has 0 aromatic heterocycles. The van der Waals surface area contributed by atoms with Gasteiger partial charge in [-0.25, -0.2) is 9.18 Å². The molecule has 0 bridgehead atoms. The van der Waals surface area contributed by atoms with Gasteiger partial charge in [-0.1, -0.05) is 0 Å². The predicted molar refractivity (Wildman–Crippen MR) is 42.5 cm³/mol. The Labute approximate surface area is 71.3 Å². The minimum absolute atomic E-state index is 0.154. The molecule has 0 aromatic rings. The van der Waals surface area contributed by atoms with Crippen LogP contribution in [0.5, 0.6) is 0 Å². The second kappa shape index (κ2) is 4.40. The first-order chi connectivity index (χ1) is 5.75. The number of carbonyl (C=O) groups is 1. The molecule has 3 nitrogen and oxygen atoms in total. The average Bonchev–Trinajstić information content (AvgIpc) is 2.17. The SMILES string of the molecule is COC(=O)C(F)C1CCNCC1. The highest BCUT2D eigenvalue weighted by molar-refractivity contribution is 5.74. The molecule has 0 saturated carbocycles. The number of ether oxygens (including phenoxy) is 1. The van der Waals surface area contributed by atoms with Crippen LogP contribution in [0.2, 0.25) is 0 Å². The molecular weight excluding hydrogens is 161 g/mol. The third-order valence-corrected chi connectivity index (χ3v) is 2.22. The van der Waals surface area contributed by atoms with Gasteiger partial charge in [-0.05, 0) is 25.9 Å². The van der Waals surface area contributed by atoms with Crippen molar-refractivity contribution in [3.63, 3.8) is 0 Å². The van der Waals surface area contributed by atoms with E-state index in [4.69, 9.17) is 0 Å². The number of rotatable bonds is 2. The van der Waals surface area contributed by atoms with Crippen LogP contribution < -0.4 is 5.32 Å². The first-order valence-corrected chi connectivity index (χ1v) is 4.18. The zero-order valence-corrected chi connectivity index (χ0v) is 7.18. The van der Waals surface area contributed by atoms with E-state index in [0.29, 0.717) is 0 Å². The fourth-order valence-electron chi connectivity index (χ4n) is 1.44. The largest absolute Gasteiger partial charge is 0.467 e. The minimum Gasteiger partial charge on any atom is -0.467 e. The van der Waals surface area contributed by atoms with Crippen LogP contribution in [-0.4, -0.2) is 32.3 Å². The Bertz CT molecular complexity index is 157. The molecule has 0 aromatic carbocycles. The predicted octanol–water partition coefficient (Wildman–Crippen LogP) is 0.497. The van der Waals surface area contributed by atoms with Crippen molar-refractivity contribution in [1.82, 2.24) is 5.32 Å². The monoisotopic (exact) mass is 175 g/mol. The second-order valence-corrected chi connectivity index (χ2v) is 3.01. The van der Waals surface area contributed by atoms with E-state index in [0.717, 1.165) is 25.9 Å². The fraction of sp³-hybridized carbons (Fsp3) is 0.875. The van der Waals surface area contributed by atoms with Gasteiger partial charge in [-0.15, -0.1) is 0 Å². The fourth-order valence-corrected chi connectivity index (χ4v) is 1.44. The molecule has 0 spiro atoms. The second-order valence-electron chi connectivity index (χ2n) is 3.01. The number of esters is 1. The Balaban J connectivity index is 2.39. The van der Waals surface area contributed by atoms with Crippen LogP contribution in [0.3, 0.4) is 0 Å². The van der Waals surface area contributed by atoms with Gasteiger partial charge < -0.3 is 10.1 Å². The molecule has 70 valence electrons. The summed E-state index contributed by atoms with van der Waals surface area (Å²) in [5.74, 6) is -0.888. The van der Waals surface area contributed by atoms with E-state index in [1.165, 1.54) is 7.11 Å². The van der Waals surface area contributed by atoms with Crippen molar-refractivity contribution >= 4 is 5.97 Å². The van der Waals surface area contributed by atoms with Gasteiger partial charge in [0.1, 0.15) is 0 Å². The van der Waals surface area contributed by atoms with E-state index in [9.17, 15) is 9.18 Å². The maximum absolute atomic E-state index is 13.2. The van der Waals surface area contributed by atoms with E-state index in [1.807, 2.05) is 0 Å². The Hall–Kier alpha value is -0.640. The summed E-state index contributed by atoms with van der Waals surface area (Å²) in [7, 11) is 1.22. The lowest BCUT2D eigenvalue weighted by Crippen LogP contribution is -2.36. The molecule has 1 N–H and O–H groups in total. The van der Waals surface area contributed by atoms with E-state index < -0.39 is 12.1 Å². The zero-order chi connectivity index (χ0) is 8.97. The lowest BCUT2D eigenvalue weighted by molar-refractivity contribution is -0.149. The number of carbonyl (C=O) groups excluding carboxylic acids is 1. The summed E-state index contributed by atoms with van der Waals surface area (Å²) in [6.45, 7) is 1.59. The quantitative estimate of drug-likeness (QED) is 0.621. The summed E-state index contributed by atoms with van der Waals surface area (Å²) in [4.78, 5) is 10.8. The smallest absolute Gasteiger partial charge is 0.340 e. The van der Waals surface area contributed by atoms with Gasteiger partial charge in [0.15, 0.2) is 6.17 Å². The van der Waals surface area contributed by atoms with Gasteiger partial charge in [-0.3, -0.25) is 0 Å². The van der Waals surface area contributed by atoms with Gasteiger partial charge >= 0.3 is 5.97 Å². The summed E-state index contributed by atoms with van der Waals surface area (Å²) < 4.78 is 17.5. The van der Waals surface area contributed by atoms with Crippen molar-refractivity contribution in [2.45, 2.75) is 19.0 Å². The van der Waals surface area contributed by atoms with Crippen LogP contribution in [0, 0.1) is 5.92 Å². The Morgan fingerprint density at radius 3 is 2.67 bits per heavy atom. The number of hydrogen-bond acceptors (Lipinski definition) is 3. The Morgan fingerprint density at radius 2 is 2.17 bits per heavy atom. The number of piperidine rings is 1. The first kappa shape index (κ1) is 9.45. The molecule has 0 radical (unpaired) electrons. The molecule has 12 heavy (non-hydrogen) atoms. The first-order valence-electron chi connectivity index (χ1n) is 4.18. The lowest BCUT2D eigenvalue weighted by atomic mass is 9.93. The lowest BCUT2D eigenvalue weighted by Gasteiger charge is -2.23. The third-order valence-electron chi connectivity index (χ3n) is 2.22. The summed E-state index contributed by atoms with van der Waals surface area (Å²) >= 11 is 0. The highest BCUT2D eigenvalue weighted by Gasteiger charge is 2.29. The zero-order valence-electron chi connectivity index (χ0n) is 7.18. The van der Waals surface area contributed by atoms with Crippen molar-refractivity contribution in [2.24, 2.45) is 5.92 Å². The maximum Gasteiger partial charge on any atom is 0.340 e. The highest BCUT2D eigenvalue weighted by Crippen LogP contribution is 2.19. The average molecular weight is 175 g/mol. The van der Waals surface area contributed by atoms with Crippen LogP contribution in [0.15, 0.2) is 0 Å². The van der Waals surface area contributed by atoms with Gasteiger partial charge in [0, 0.05) is 5.92 Å². The Morgan fingerprint density at radius 1 is 1.58 bits per heavy atom. The van der Waals surface area contributed by atoms with Crippen LogP contribution in [0.4, 0.5) is 4.39 Å². The molecule has 0 amide bonds. The topological polar surface area (TPSA) is 38.3 Å². The summed E-state index contributed by atoms with van der Waals surface area (Å²) in [6, 6.07) is 0. The molecule has 0 aliphatic carbocycles. The molecule has 1 aliphatic heterocycles. The third kappa shape index (κ3) is 2.17. The summed E-state index contributed by atoms with van der Waals surface area (Å²) in [5.41, 5.74) is 0. The van der Waals surface area contributed by atoms with E-state index in [1.54, 1.807) is 0 Å². The van der Waals surface area contributed by atoms with Gasteiger partial charge in [0.25, 0.3) is 0 Å². The number of nitrogens with one attached hydrogen (secondary N) is 1.